The molecule has 8 nitrogen and oxygen atoms in total. The molecule has 0 spiro atoms. The molecule has 1 aromatic carbocycles. The molecule has 0 saturated heterocycles. The molecule has 5 aromatic rings. The molecule has 4 heterocycles. The van der Waals surface area contributed by atoms with Crippen LogP contribution in [0.4, 0.5) is 10.2 Å². The van der Waals surface area contributed by atoms with Gasteiger partial charge < -0.3 is 5.32 Å². The molecule has 0 fully saturated rings. The van der Waals surface area contributed by atoms with E-state index in [2.05, 4.69) is 30.7 Å². The van der Waals surface area contributed by atoms with E-state index in [9.17, 15) is 4.39 Å². The Bertz CT molecular complexity index is 1260. The van der Waals surface area contributed by atoms with Gasteiger partial charge in [-0.25, -0.2) is 13.9 Å². The van der Waals surface area contributed by atoms with E-state index in [0.29, 0.717) is 29.4 Å². The summed E-state index contributed by atoms with van der Waals surface area (Å²) in [6.45, 7) is 0.496. The molecule has 132 valence electrons. The van der Waals surface area contributed by atoms with Crippen molar-refractivity contribution in [2.75, 3.05) is 5.32 Å². The normalized spacial score (nSPS) is 11.3. The zero-order chi connectivity index (χ0) is 18.2. The molecule has 0 atom stereocenters. The predicted octanol–water partition coefficient (Wildman–Crippen LogP) is 2.59. The van der Waals surface area contributed by atoms with Crippen molar-refractivity contribution in [3.8, 4) is 11.4 Å². The monoisotopic (exact) mass is 360 g/mol. The van der Waals surface area contributed by atoms with E-state index in [1.165, 1.54) is 10.6 Å². The maximum atomic E-state index is 14.1. The van der Waals surface area contributed by atoms with Crippen LogP contribution in [0.1, 0.15) is 5.69 Å². The molecule has 1 N–H and O–H groups in total. The largest absolute Gasteiger partial charge is 0.363 e. The van der Waals surface area contributed by atoms with E-state index in [-0.39, 0.29) is 5.82 Å². The third-order valence-electron chi connectivity index (χ3n) is 4.20. The standard InChI is InChI=1S/C18H13FN8/c19-14-4-2-1-3-13(14)18-24-23-17-6-5-15(25-27(17)18)21-11-12-7-9-20-16-8-10-22-26(12)16/h1-10H,11H2,(H,21,25). The van der Waals surface area contributed by atoms with E-state index >= 15 is 0 Å². The van der Waals surface area contributed by atoms with Crippen LogP contribution in [0.15, 0.2) is 60.9 Å². The lowest BCUT2D eigenvalue weighted by Gasteiger charge is -2.08. The quantitative estimate of drug-likeness (QED) is 0.530. The SMILES string of the molecule is Fc1ccccc1-c1nnc2ccc(NCc3ccnc4ccnn34)nn12. The predicted molar refractivity (Wildman–Crippen MR) is 96.5 cm³/mol. The Kier molecular flexibility index (Phi) is 3.49. The molecular weight excluding hydrogens is 347 g/mol. The number of rotatable bonds is 4. The van der Waals surface area contributed by atoms with Gasteiger partial charge in [0.1, 0.15) is 11.6 Å². The first-order valence-corrected chi connectivity index (χ1v) is 8.28. The van der Waals surface area contributed by atoms with Crippen LogP contribution in [0, 0.1) is 5.82 Å². The average molecular weight is 360 g/mol. The summed E-state index contributed by atoms with van der Waals surface area (Å²) in [7, 11) is 0. The van der Waals surface area contributed by atoms with Crippen LogP contribution in [-0.2, 0) is 6.54 Å². The molecule has 0 radical (unpaired) electrons. The first-order valence-electron chi connectivity index (χ1n) is 8.28. The molecule has 0 saturated carbocycles. The van der Waals surface area contributed by atoms with Gasteiger partial charge in [0.15, 0.2) is 17.1 Å². The third kappa shape index (κ3) is 2.65. The molecule has 27 heavy (non-hydrogen) atoms. The van der Waals surface area contributed by atoms with Crippen LogP contribution in [0.3, 0.4) is 0 Å². The van der Waals surface area contributed by atoms with Gasteiger partial charge in [0.25, 0.3) is 0 Å². The Hall–Kier alpha value is -3.88. The van der Waals surface area contributed by atoms with Gasteiger partial charge in [-0.3, -0.25) is 0 Å². The summed E-state index contributed by atoms with van der Waals surface area (Å²) >= 11 is 0. The minimum absolute atomic E-state index is 0.349. The van der Waals surface area contributed by atoms with E-state index in [1.807, 2.05) is 12.1 Å². The van der Waals surface area contributed by atoms with Crippen LogP contribution < -0.4 is 5.32 Å². The second-order valence-corrected chi connectivity index (χ2v) is 5.88. The molecule has 9 heteroatoms. The van der Waals surface area contributed by atoms with Crippen LogP contribution in [0.25, 0.3) is 22.7 Å². The number of benzene rings is 1. The van der Waals surface area contributed by atoms with Gasteiger partial charge in [-0.15, -0.1) is 15.3 Å². The van der Waals surface area contributed by atoms with Crippen LogP contribution >= 0.6 is 0 Å². The van der Waals surface area contributed by atoms with Crippen molar-refractivity contribution in [2.45, 2.75) is 6.54 Å². The van der Waals surface area contributed by atoms with Crippen molar-refractivity contribution in [1.82, 2.24) is 34.4 Å². The van der Waals surface area contributed by atoms with Gasteiger partial charge >= 0.3 is 0 Å². The lowest BCUT2D eigenvalue weighted by Crippen LogP contribution is -2.09. The molecule has 4 aromatic heterocycles. The van der Waals surface area contributed by atoms with E-state index in [1.54, 1.807) is 47.2 Å². The number of anilines is 1. The first kappa shape index (κ1) is 15.4. The van der Waals surface area contributed by atoms with Crippen LogP contribution in [0.5, 0.6) is 0 Å². The number of halogens is 1. The first-order chi connectivity index (χ1) is 13.3. The third-order valence-corrected chi connectivity index (χ3v) is 4.20. The topological polar surface area (TPSA) is 85.3 Å². The molecule has 0 aliphatic carbocycles. The van der Waals surface area contributed by atoms with Crippen molar-refractivity contribution >= 4 is 17.1 Å². The summed E-state index contributed by atoms with van der Waals surface area (Å²) in [5.74, 6) is 0.590. The summed E-state index contributed by atoms with van der Waals surface area (Å²) in [4.78, 5) is 4.25. The van der Waals surface area contributed by atoms with Gasteiger partial charge in [0.2, 0.25) is 0 Å². The summed E-state index contributed by atoms with van der Waals surface area (Å²) in [6, 6.07) is 13.7. The van der Waals surface area contributed by atoms with Crippen LogP contribution in [-0.4, -0.2) is 34.4 Å². The molecular formula is C18H13FN8. The van der Waals surface area contributed by atoms with Crippen molar-refractivity contribution in [1.29, 1.82) is 0 Å². The summed E-state index contributed by atoms with van der Waals surface area (Å²) in [5.41, 5.74) is 2.60. The van der Waals surface area contributed by atoms with Crippen molar-refractivity contribution in [3.05, 3.63) is 72.4 Å². The lowest BCUT2D eigenvalue weighted by molar-refractivity contribution is 0.629. The highest BCUT2D eigenvalue weighted by atomic mass is 19.1. The van der Waals surface area contributed by atoms with Crippen molar-refractivity contribution < 1.29 is 4.39 Å². The number of fused-ring (bicyclic) bond motifs is 2. The highest BCUT2D eigenvalue weighted by Crippen LogP contribution is 2.21. The zero-order valence-electron chi connectivity index (χ0n) is 14.0. The van der Waals surface area contributed by atoms with Crippen molar-refractivity contribution in [3.63, 3.8) is 0 Å². The molecule has 0 aliphatic rings. The van der Waals surface area contributed by atoms with Gasteiger partial charge in [-0.05, 0) is 30.3 Å². The minimum Gasteiger partial charge on any atom is -0.363 e. The summed E-state index contributed by atoms with van der Waals surface area (Å²) < 4.78 is 17.4. The fourth-order valence-corrected chi connectivity index (χ4v) is 2.89. The Morgan fingerprint density at radius 2 is 1.81 bits per heavy atom. The fraction of sp³-hybridized carbons (Fsp3) is 0.0556. The maximum absolute atomic E-state index is 14.1. The second-order valence-electron chi connectivity index (χ2n) is 5.88. The molecule has 0 bridgehead atoms. The van der Waals surface area contributed by atoms with E-state index < -0.39 is 0 Å². The Morgan fingerprint density at radius 3 is 2.74 bits per heavy atom. The highest BCUT2D eigenvalue weighted by Gasteiger charge is 2.13. The number of hydrogen-bond donors (Lipinski definition) is 1. The Balaban J connectivity index is 1.49. The van der Waals surface area contributed by atoms with Gasteiger partial charge in [-0.1, -0.05) is 12.1 Å². The Morgan fingerprint density at radius 1 is 0.889 bits per heavy atom. The number of aromatic nitrogens is 7. The second kappa shape index (κ2) is 6.13. The minimum atomic E-state index is -0.371. The zero-order valence-corrected chi connectivity index (χ0v) is 14.0. The average Bonchev–Trinajstić information content (AvgIpc) is 3.33. The van der Waals surface area contributed by atoms with E-state index in [4.69, 9.17) is 0 Å². The Labute approximate surface area is 152 Å². The smallest absolute Gasteiger partial charge is 0.188 e. The van der Waals surface area contributed by atoms with Gasteiger partial charge in [0, 0.05) is 12.3 Å². The van der Waals surface area contributed by atoms with Gasteiger partial charge in [-0.2, -0.15) is 9.61 Å². The number of nitrogens with zero attached hydrogens (tertiary/aromatic N) is 7. The lowest BCUT2D eigenvalue weighted by atomic mass is 10.2. The molecule has 0 aliphatic heterocycles. The van der Waals surface area contributed by atoms with Crippen molar-refractivity contribution in [2.24, 2.45) is 0 Å². The maximum Gasteiger partial charge on any atom is 0.188 e. The molecule has 5 rings (SSSR count). The van der Waals surface area contributed by atoms with E-state index in [0.717, 1.165) is 11.3 Å². The number of nitrogens with one attached hydrogen (secondary N) is 1. The molecule has 0 unspecified atom stereocenters. The van der Waals surface area contributed by atoms with Gasteiger partial charge in [0.05, 0.1) is 24.0 Å². The highest BCUT2D eigenvalue weighted by molar-refractivity contribution is 5.60. The van der Waals surface area contributed by atoms with Crippen LogP contribution in [0.2, 0.25) is 0 Å². The summed E-state index contributed by atoms with van der Waals surface area (Å²) in [5, 5.41) is 20.2. The summed E-state index contributed by atoms with van der Waals surface area (Å²) in [6.07, 6.45) is 3.44. The fourth-order valence-electron chi connectivity index (χ4n) is 2.89. The number of hydrogen-bond acceptors (Lipinski definition) is 6. The molecule has 0 amide bonds.